The largest absolute Gasteiger partial charge is 0.322 e. The average Bonchev–Trinajstić information content (AvgIpc) is 2.50. The molecule has 0 aliphatic rings. The lowest BCUT2D eigenvalue weighted by Gasteiger charge is -2.10. The average molecular weight is 300 g/mol. The van der Waals surface area contributed by atoms with Crippen LogP contribution in [0.25, 0.3) is 0 Å². The fraction of sp³-hybridized carbons (Fsp3) is 0.125. The van der Waals surface area contributed by atoms with E-state index >= 15 is 0 Å². The fourth-order valence-electron chi connectivity index (χ4n) is 1.77. The summed E-state index contributed by atoms with van der Waals surface area (Å²) < 4.78 is 0. The third-order valence-corrected chi connectivity index (χ3v) is 3.32. The van der Waals surface area contributed by atoms with Crippen LogP contribution < -0.4 is 11.1 Å². The van der Waals surface area contributed by atoms with E-state index in [0.717, 1.165) is 5.56 Å². The number of halogens is 1. The Kier molecular flexibility index (Phi) is 4.94. The molecule has 1 heterocycles. The van der Waals surface area contributed by atoms with Crippen LogP contribution in [-0.2, 0) is 0 Å². The van der Waals surface area contributed by atoms with Crippen molar-refractivity contribution in [1.82, 2.24) is 4.98 Å². The number of hydrogen-bond acceptors (Lipinski definition) is 3. The van der Waals surface area contributed by atoms with Gasteiger partial charge in [0.05, 0.1) is 17.7 Å². The number of nitrogens with two attached hydrogens (primary N) is 1. The number of carbonyl (C=O) groups excluding carboxylic acids is 1. The molecule has 0 saturated carbocycles. The van der Waals surface area contributed by atoms with E-state index in [2.05, 4.69) is 22.1 Å². The Morgan fingerprint density at radius 3 is 3.00 bits per heavy atom. The Labute approximate surface area is 128 Å². The molecule has 2 rings (SSSR count). The molecule has 21 heavy (non-hydrogen) atoms. The van der Waals surface area contributed by atoms with Crippen molar-refractivity contribution >= 4 is 23.2 Å². The number of nitrogens with one attached hydrogen (secondary N) is 1. The summed E-state index contributed by atoms with van der Waals surface area (Å²) in [5.41, 5.74) is 7.83. The summed E-state index contributed by atoms with van der Waals surface area (Å²) >= 11 is 6.05. The summed E-state index contributed by atoms with van der Waals surface area (Å²) in [4.78, 5) is 16.4. The molecule has 0 bridgehead atoms. The molecule has 0 radical (unpaired) electrons. The maximum Gasteiger partial charge on any atom is 0.257 e. The zero-order chi connectivity index (χ0) is 15.2. The Balaban J connectivity index is 2.31. The van der Waals surface area contributed by atoms with E-state index in [4.69, 9.17) is 17.3 Å². The summed E-state index contributed by atoms with van der Waals surface area (Å²) in [5.74, 6) is 5.30. The topological polar surface area (TPSA) is 68.0 Å². The molecule has 1 aromatic carbocycles. The molecular weight excluding hydrogens is 286 g/mol. The molecule has 3 N–H and O–H groups in total. The van der Waals surface area contributed by atoms with Crippen molar-refractivity contribution in [2.45, 2.75) is 6.92 Å². The third kappa shape index (κ3) is 3.60. The molecule has 0 unspecified atom stereocenters. The maximum atomic E-state index is 12.4. The molecule has 5 heteroatoms. The number of aromatic nitrogens is 1. The number of anilines is 1. The first-order chi connectivity index (χ1) is 10.1. The minimum Gasteiger partial charge on any atom is -0.322 e. The number of hydrogen-bond donors (Lipinski definition) is 2. The van der Waals surface area contributed by atoms with Gasteiger partial charge in [0.15, 0.2) is 0 Å². The first kappa shape index (κ1) is 15.0. The zero-order valence-corrected chi connectivity index (χ0v) is 12.2. The van der Waals surface area contributed by atoms with Crippen molar-refractivity contribution in [2.24, 2.45) is 5.73 Å². The second kappa shape index (κ2) is 6.89. The van der Waals surface area contributed by atoms with Gasteiger partial charge in [-0.15, -0.1) is 0 Å². The van der Waals surface area contributed by atoms with E-state index in [1.165, 1.54) is 0 Å². The Morgan fingerprint density at radius 1 is 1.43 bits per heavy atom. The smallest absolute Gasteiger partial charge is 0.257 e. The molecule has 2 aromatic rings. The molecule has 0 saturated heterocycles. The fourth-order valence-corrected chi connectivity index (χ4v) is 1.95. The highest BCUT2D eigenvalue weighted by Gasteiger charge is 2.12. The quantitative estimate of drug-likeness (QED) is 0.838. The second-order valence-electron chi connectivity index (χ2n) is 4.29. The van der Waals surface area contributed by atoms with Gasteiger partial charge in [-0.2, -0.15) is 0 Å². The van der Waals surface area contributed by atoms with Gasteiger partial charge in [0.25, 0.3) is 5.91 Å². The molecule has 0 atom stereocenters. The number of nitrogens with zero attached hydrogens (tertiary/aromatic N) is 1. The highest BCUT2D eigenvalue weighted by Crippen LogP contribution is 2.23. The molecule has 0 aliphatic carbocycles. The van der Waals surface area contributed by atoms with E-state index in [1.807, 2.05) is 6.92 Å². The molecule has 0 fully saturated rings. The first-order valence-corrected chi connectivity index (χ1v) is 6.70. The molecule has 106 valence electrons. The van der Waals surface area contributed by atoms with Crippen LogP contribution in [0.2, 0.25) is 5.02 Å². The summed E-state index contributed by atoms with van der Waals surface area (Å²) in [6.07, 6.45) is 3.09. The summed E-state index contributed by atoms with van der Waals surface area (Å²) in [7, 11) is 0. The monoisotopic (exact) mass is 299 g/mol. The van der Waals surface area contributed by atoms with Crippen LogP contribution in [0.3, 0.4) is 0 Å². The van der Waals surface area contributed by atoms with Crippen LogP contribution in [0.1, 0.15) is 21.5 Å². The van der Waals surface area contributed by atoms with Crippen LogP contribution in [0.5, 0.6) is 0 Å². The molecule has 1 amide bonds. The number of pyridine rings is 1. The number of rotatable bonds is 2. The highest BCUT2D eigenvalue weighted by atomic mass is 35.5. The van der Waals surface area contributed by atoms with Crippen molar-refractivity contribution in [1.29, 1.82) is 0 Å². The lowest BCUT2D eigenvalue weighted by molar-refractivity contribution is 0.102. The lowest BCUT2D eigenvalue weighted by atomic mass is 10.1. The van der Waals surface area contributed by atoms with Crippen molar-refractivity contribution in [2.75, 3.05) is 11.9 Å². The standard InChI is InChI=1S/C16H14ClN3O/c1-11-14(17)5-2-6-15(11)20-16(21)13-7-9-19-10-12(13)4-3-8-18/h2,5-7,9-10H,8,18H2,1H3,(H,20,21). The van der Waals surface area contributed by atoms with Crippen molar-refractivity contribution in [3.8, 4) is 11.8 Å². The Bertz CT molecular complexity index is 732. The van der Waals surface area contributed by atoms with Gasteiger partial charge in [-0.3, -0.25) is 9.78 Å². The summed E-state index contributed by atoms with van der Waals surface area (Å²) in [5, 5.41) is 3.44. The second-order valence-corrected chi connectivity index (χ2v) is 4.70. The summed E-state index contributed by atoms with van der Waals surface area (Å²) in [6.45, 7) is 2.07. The van der Waals surface area contributed by atoms with Crippen LogP contribution >= 0.6 is 11.6 Å². The predicted octanol–water partition coefficient (Wildman–Crippen LogP) is 2.61. The Morgan fingerprint density at radius 2 is 2.24 bits per heavy atom. The number of amides is 1. The van der Waals surface area contributed by atoms with Gasteiger partial charge in [0.1, 0.15) is 0 Å². The van der Waals surface area contributed by atoms with E-state index in [0.29, 0.717) is 21.8 Å². The first-order valence-electron chi connectivity index (χ1n) is 6.33. The maximum absolute atomic E-state index is 12.4. The molecule has 0 aliphatic heterocycles. The molecule has 1 aromatic heterocycles. The molecule has 0 spiro atoms. The third-order valence-electron chi connectivity index (χ3n) is 2.91. The van der Waals surface area contributed by atoms with Crippen LogP contribution in [0, 0.1) is 18.8 Å². The number of benzene rings is 1. The predicted molar refractivity (Wildman–Crippen MR) is 84.3 cm³/mol. The van der Waals surface area contributed by atoms with E-state index in [-0.39, 0.29) is 12.5 Å². The van der Waals surface area contributed by atoms with Crippen LogP contribution in [-0.4, -0.2) is 17.4 Å². The van der Waals surface area contributed by atoms with Gasteiger partial charge < -0.3 is 11.1 Å². The van der Waals surface area contributed by atoms with E-state index in [9.17, 15) is 4.79 Å². The van der Waals surface area contributed by atoms with Crippen LogP contribution in [0.15, 0.2) is 36.7 Å². The van der Waals surface area contributed by atoms with Crippen molar-refractivity contribution < 1.29 is 4.79 Å². The van der Waals surface area contributed by atoms with Crippen LogP contribution in [0.4, 0.5) is 5.69 Å². The van der Waals surface area contributed by atoms with Crippen molar-refractivity contribution in [3.63, 3.8) is 0 Å². The van der Waals surface area contributed by atoms with Gasteiger partial charge in [0, 0.05) is 23.1 Å². The highest BCUT2D eigenvalue weighted by molar-refractivity contribution is 6.31. The van der Waals surface area contributed by atoms with Gasteiger partial charge >= 0.3 is 0 Å². The lowest BCUT2D eigenvalue weighted by Crippen LogP contribution is -2.14. The summed E-state index contributed by atoms with van der Waals surface area (Å²) in [6, 6.07) is 6.98. The SMILES string of the molecule is Cc1c(Cl)cccc1NC(=O)c1ccncc1C#CCN. The molecule has 4 nitrogen and oxygen atoms in total. The molecular formula is C16H14ClN3O. The minimum absolute atomic E-state index is 0.226. The zero-order valence-electron chi connectivity index (χ0n) is 11.5. The minimum atomic E-state index is -0.260. The Hall–Kier alpha value is -2.35. The van der Waals surface area contributed by atoms with Gasteiger partial charge in [-0.05, 0) is 30.7 Å². The number of carbonyl (C=O) groups is 1. The van der Waals surface area contributed by atoms with Crippen molar-refractivity contribution in [3.05, 3.63) is 58.4 Å². The van der Waals surface area contributed by atoms with Gasteiger partial charge in [-0.25, -0.2) is 0 Å². The normalized spacial score (nSPS) is 9.67. The van der Waals surface area contributed by atoms with E-state index < -0.39 is 0 Å². The van der Waals surface area contributed by atoms with Gasteiger partial charge in [0.2, 0.25) is 0 Å². The van der Waals surface area contributed by atoms with Gasteiger partial charge in [-0.1, -0.05) is 29.5 Å². The van der Waals surface area contributed by atoms with E-state index in [1.54, 1.807) is 36.7 Å².